The normalized spacial score (nSPS) is 11.5. The van der Waals surface area contributed by atoms with Gasteiger partial charge in [-0.1, -0.05) is 19.0 Å². The third-order valence-corrected chi connectivity index (χ3v) is 5.10. The van der Waals surface area contributed by atoms with Gasteiger partial charge in [0.05, 0.1) is 9.82 Å². The van der Waals surface area contributed by atoms with Crippen LogP contribution in [0, 0.1) is 10.1 Å². The molecule has 12 nitrogen and oxygen atoms in total. The van der Waals surface area contributed by atoms with E-state index in [9.17, 15) is 23.3 Å². The molecule has 0 unspecified atom stereocenters. The lowest BCUT2D eigenvalue weighted by Crippen LogP contribution is -2.30. The third-order valence-electron chi connectivity index (χ3n) is 3.70. The monoisotopic (exact) mass is 427 g/mol. The predicted molar refractivity (Wildman–Crippen MR) is 101 cm³/mol. The van der Waals surface area contributed by atoms with E-state index in [1.54, 1.807) is 14.1 Å². The van der Waals surface area contributed by atoms with Gasteiger partial charge < -0.3 is 14.2 Å². The zero-order valence-corrected chi connectivity index (χ0v) is 17.1. The van der Waals surface area contributed by atoms with E-state index in [-0.39, 0.29) is 34.7 Å². The first-order valence-electron chi connectivity index (χ1n) is 8.44. The van der Waals surface area contributed by atoms with Gasteiger partial charge in [-0.15, -0.1) is 0 Å². The molecule has 0 amide bonds. The van der Waals surface area contributed by atoms with Gasteiger partial charge in [0, 0.05) is 26.1 Å². The van der Waals surface area contributed by atoms with Gasteiger partial charge in [0.15, 0.2) is 12.4 Å². The second kappa shape index (κ2) is 8.96. The van der Waals surface area contributed by atoms with Crippen LogP contribution in [0.5, 0.6) is 0 Å². The summed E-state index contributed by atoms with van der Waals surface area (Å²) < 4.78 is 36.5. The molecule has 0 aliphatic heterocycles. The maximum atomic E-state index is 12.3. The first-order chi connectivity index (χ1) is 13.5. The number of nitro groups is 1. The molecule has 2 aromatic rings. The number of rotatable bonds is 9. The number of nitrogens with zero attached hydrogens (tertiary/aromatic N) is 4. The molecule has 0 aliphatic carbocycles. The zero-order chi connectivity index (χ0) is 21.8. The van der Waals surface area contributed by atoms with Gasteiger partial charge in [-0.25, -0.2) is 8.42 Å². The molecule has 1 N–H and O–H groups in total. The molecule has 29 heavy (non-hydrogen) atoms. The summed E-state index contributed by atoms with van der Waals surface area (Å²) in [4.78, 5) is 27.5. The number of sulfonamides is 1. The average molecular weight is 427 g/mol. The lowest BCUT2D eigenvalue weighted by Gasteiger charge is -2.13. The van der Waals surface area contributed by atoms with Crippen LogP contribution in [0.2, 0.25) is 0 Å². The lowest BCUT2D eigenvalue weighted by molar-refractivity contribution is -0.384. The van der Waals surface area contributed by atoms with E-state index in [0.29, 0.717) is 5.82 Å². The van der Waals surface area contributed by atoms with Gasteiger partial charge in [0.25, 0.3) is 11.6 Å². The van der Waals surface area contributed by atoms with Crippen molar-refractivity contribution in [2.75, 3.05) is 25.5 Å². The van der Waals surface area contributed by atoms with Crippen molar-refractivity contribution in [1.29, 1.82) is 0 Å². The molecule has 1 aromatic carbocycles. The molecule has 0 saturated heterocycles. The number of aromatic nitrogens is 2. The number of nitrogens with one attached hydrogen (secondary N) is 1. The van der Waals surface area contributed by atoms with Crippen molar-refractivity contribution in [2.24, 2.45) is 0 Å². The highest BCUT2D eigenvalue weighted by Crippen LogP contribution is 2.29. The van der Waals surface area contributed by atoms with E-state index < -0.39 is 27.5 Å². The minimum absolute atomic E-state index is 0.0398. The van der Waals surface area contributed by atoms with E-state index in [2.05, 4.69) is 10.1 Å². The molecule has 2 rings (SSSR count). The first kappa shape index (κ1) is 22.2. The van der Waals surface area contributed by atoms with Crippen LogP contribution >= 0.6 is 0 Å². The molecular weight excluding hydrogens is 406 g/mol. The van der Waals surface area contributed by atoms with Gasteiger partial charge >= 0.3 is 5.97 Å². The number of esters is 1. The maximum Gasteiger partial charge on any atom is 0.321 e. The quantitative estimate of drug-likeness (QED) is 0.350. The lowest BCUT2D eigenvalue weighted by atomic mass is 10.2. The van der Waals surface area contributed by atoms with Crippen molar-refractivity contribution >= 4 is 27.4 Å². The fourth-order valence-electron chi connectivity index (χ4n) is 2.19. The molecule has 0 saturated carbocycles. The Hall–Kier alpha value is -3.06. The first-order valence-corrected chi connectivity index (χ1v) is 9.93. The van der Waals surface area contributed by atoms with E-state index >= 15 is 0 Å². The standard InChI is InChI=1S/C16H21N5O7S/c1-10(2)16-18-14(28-19-16)9-27-15(22)8-17-29(25,26)11-5-6-12(20(3)4)13(7-11)21(23)24/h5-7,10,17H,8-9H2,1-4H3. The summed E-state index contributed by atoms with van der Waals surface area (Å²) in [6.45, 7) is 2.76. The summed E-state index contributed by atoms with van der Waals surface area (Å²) in [6.07, 6.45) is 0. The third kappa shape index (κ3) is 5.71. The Kier molecular flexibility index (Phi) is 6.87. The average Bonchev–Trinajstić information content (AvgIpc) is 3.13. The van der Waals surface area contributed by atoms with Gasteiger partial charge in [0.2, 0.25) is 10.0 Å². The molecule has 0 aliphatic rings. The number of hydrogen-bond acceptors (Lipinski definition) is 10. The van der Waals surface area contributed by atoms with Crippen LogP contribution in [-0.2, 0) is 26.2 Å². The Morgan fingerprint density at radius 2 is 2.07 bits per heavy atom. The number of carbonyl (C=O) groups is 1. The number of ether oxygens (including phenoxy) is 1. The Labute approximate surface area is 167 Å². The highest BCUT2D eigenvalue weighted by molar-refractivity contribution is 7.89. The smallest absolute Gasteiger partial charge is 0.321 e. The van der Waals surface area contributed by atoms with Crippen LogP contribution < -0.4 is 9.62 Å². The van der Waals surface area contributed by atoms with Gasteiger partial charge in [-0.05, 0) is 12.1 Å². The molecule has 158 valence electrons. The largest absolute Gasteiger partial charge is 0.455 e. The summed E-state index contributed by atoms with van der Waals surface area (Å²) >= 11 is 0. The van der Waals surface area contributed by atoms with Crippen molar-refractivity contribution < 1.29 is 27.4 Å². The van der Waals surface area contributed by atoms with Crippen molar-refractivity contribution in [3.05, 3.63) is 40.0 Å². The number of hydrogen-bond donors (Lipinski definition) is 1. The Balaban J connectivity index is 2.00. The predicted octanol–water partition coefficient (Wildman–Crippen LogP) is 1.19. The topological polar surface area (TPSA) is 158 Å². The summed E-state index contributed by atoms with van der Waals surface area (Å²) in [7, 11) is -0.978. The Morgan fingerprint density at radius 1 is 1.38 bits per heavy atom. The van der Waals surface area contributed by atoms with Crippen LogP contribution in [-0.4, -0.2) is 50.1 Å². The highest BCUT2D eigenvalue weighted by atomic mass is 32.2. The molecule has 0 fully saturated rings. The maximum absolute atomic E-state index is 12.3. The Bertz CT molecular complexity index is 1000. The van der Waals surface area contributed by atoms with Crippen molar-refractivity contribution in [2.45, 2.75) is 31.3 Å². The van der Waals surface area contributed by atoms with E-state index in [1.165, 1.54) is 17.0 Å². The minimum Gasteiger partial charge on any atom is -0.455 e. The van der Waals surface area contributed by atoms with Gasteiger partial charge in [-0.2, -0.15) is 9.71 Å². The second-order valence-electron chi connectivity index (χ2n) is 6.49. The summed E-state index contributed by atoms with van der Waals surface area (Å²) in [5.41, 5.74) is -0.133. The summed E-state index contributed by atoms with van der Waals surface area (Å²) in [5, 5.41) is 14.9. The van der Waals surface area contributed by atoms with E-state index in [0.717, 1.165) is 6.07 Å². The number of nitro benzene ring substituents is 1. The molecular formula is C16H21N5O7S. The van der Waals surface area contributed by atoms with E-state index in [1.807, 2.05) is 18.6 Å². The van der Waals surface area contributed by atoms with Crippen LogP contribution in [0.4, 0.5) is 11.4 Å². The second-order valence-corrected chi connectivity index (χ2v) is 8.26. The summed E-state index contributed by atoms with van der Waals surface area (Å²) in [5.74, 6) is -0.297. The number of anilines is 1. The van der Waals surface area contributed by atoms with Crippen molar-refractivity contribution in [3.63, 3.8) is 0 Å². The fraction of sp³-hybridized carbons (Fsp3) is 0.438. The summed E-state index contributed by atoms with van der Waals surface area (Å²) in [6, 6.07) is 3.45. The van der Waals surface area contributed by atoms with Gasteiger partial charge in [0.1, 0.15) is 12.2 Å². The van der Waals surface area contributed by atoms with Crippen LogP contribution in [0.15, 0.2) is 27.6 Å². The SMILES string of the molecule is CC(C)c1noc(COC(=O)CNS(=O)(=O)c2ccc(N(C)C)c([N+](=O)[O-])c2)n1. The van der Waals surface area contributed by atoms with Crippen LogP contribution in [0.1, 0.15) is 31.5 Å². The molecule has 0 radical (unpaired) electrons. The van der Waals surface area contributed by atoms with Crippen molar-refractivity contribution in [1.82, 2.24) is 14.9 Å². The fourth-order valence-corrected chi connectivity index (χ4v) is 3.18. The number of carbonyl (C=O) groups excluding carboxylic acids is 1. The van der Waals surface area contributed by atoms with Gasteiger partial charge in [-0.3, -0.25) is 14.9 Å². The Morgan fingerprint density at radius 3 is 2.62 bits per heavy atom. The number of benzene rings is 1. The zero-order valence-electron chi connectivity index (χ0n) is 16.3. The van der Waals surface area contributed by atoms with E-state index in [4.69, 9.17) is 9.26 Å². The molecule has 0 atom stereocenters. The molecule has 1 aromatic heterocycles. The molecule has 0 spiro atoms. The van der Waals surface area contributed by atoms with Crippen molar-refractivity contribution in [3.8, 4) is 0 Å². The van der Waals surface area contributed by atoms with Crippen LogP contribution in [0.25, 0.3) is 0 Å². The highest BCUT2D eigenvalue weighted by Gasteiger charge is 2.23. The van der Waals surface area contributed by atoms with Crippen LogP contribution in [0.3, 0.4) is 0 Å². The molecule has 13 heteroatoms. The molecule has 1 heterocycles. The molecule has 0 bridgehead atoms. The minimum atomic E-state index is -4.17.